The molecule has 2 aliphatic rings. The average molecular weight is 324 g/mol. The van der Waals surface area contributed by atoms with E-state index in [0.717, 1.165) is 31.1 Å². The van der Waals surface area contributed by atoms with Crippen molar-refractivity contribution >= 4 is 6.29 Å². The molecule has 2 heterocycles. The van der Waals surface area contributed by atoms with E-state index in [1.807, 2.05) is 30.3 Å². The first-order chi connectivity index (χ1) is 11.8. The molecule has 24 heavy (non-hydrogen) atoms. The largest absolute Gasteiger partial charge is 0.485 e. The second kappa shape index (κ2) is 6.65. The van der Waals surface area contributed by atoms with Gasteiger partial charge in [0, 0.05) is 12.0 Å². The SMILES string of the molecule is O=Cc1ccc(OCc2ccccc2)c(OC2CC3CCC2O3)c1. The van der Waals surface area contributed by atoms with Crippen LogP contribution in [-0.4, -0.2) is 24.6 Å². The maximum absolute atomic E-state index is 11.1. The van der Waals surface area contributed by atoms with Crippen molar-refractivity contribution in [2.24, 2.45) is 0 Å². The molecule has 0 aliphatic carbocycles. The molecule has 0 radical (unpaired) electrons. The Morgan fingerprint density at radius 1 is 1.08 bits per heavy atom. The number of rotatable bonds is 6. The Balaban J connectivity index is 1.51. The van der Waals surface area contributed by atoms with Gasteiger partial charge in [-0.05, 0) is 36.6 Å². The number of benzene rings is 2. The summed E-state index contributed by atoms with van der Waals surface area (Å²) in [6.45, 7) is 0.463. The third-order valence-corrected chi connectivity index (χ3v) is 4.67. The summed E-state index contributed by atoms with van der Waals surface area (Å²) >= 11 is 0. The van der Waals surface area contributed by atoms with Gasteiger partial charge in [0.2, 0.25) is 0 Å². The number of carbonyl (C=O) groups excluding carboxylic acids is 1. The Morgan fingerprint density at radius 3 is 2.67 bits per heavy atom. The van der Waals surface area contributed by atoms with Crippen molar-refractivity contribution in [3.8, 4) is 11.5 Å². The van der Waals surface area contributed by atoms with Gasteiger partial charge < -0.3 is 14.2 Å². The van der Waals surface area contributed by atoms with Crippen LogP contribution in [-0.2, 0) is 11.3 Å². The van der Waals surface area contributed by atoms with Gasteiger partial charge in [-0.15, -0.1) is 0 Å². The fourth-order valence-electron chi connectivity index (χ4n) is 3.42. The van der Waals surface area contributed by atoms with Crippen LogP contribution in [0.2, 0.25) is 0 Å². The Hall–Kier alpha value is -2.33. The fraction of sp³-hybridized carbons (Fsp3) is 0.350. The molecule has 2 fully saturated rings. The zero-order valence-corrected chi connectivity index (χ0v) is 13.4. The second-order valence-electron chi connectivity index (χ2n) is 6.36. The van der Waals surface area contributed by atoms with Crippen molar-refractivity contribution < 1.29 is 19.0 Å². The van der Waals surface area contributed by atoms with Crippen molar-refractivity contribution in [1.82, 2.24) is 0 Å². The normalized spacial score (nSPS) is 24.8. The molecule has 0 spiro atoms. The Bertz CT molecular complexity index is 713. The zero-order chi connectivity index (χ0) is 16.4. The van der Waals surface area contributed by atoms with Gasteiger partial charge in [0.1, 0.15) is 19.0 Å². The quantitative estimate of drug-likeness (QED) is 0.759. The van der Waals surface area contributed by atoms with Crippen molar-refractivity contribution in [3.63, 3.8) is 0 Å². The summed E-state index contributed by atoms with van der Waals surface area (Å²) < 4.78 is 17.9. The van der Waals surface area contributed by atoms with Gasteiger partial charge in [-0.3, -0.25) is 4.79 Å². The van der Waals surface area contributed by atoms with Crippen LogP contribution in [0.1, 0.15) is 35.2 Å². The molecular formula is C20H20O4. The first-order valence-corrected chi connectivity index (χ1v) is 8.40. The number of ether oxygens (including phenoxy) is 3. The van der Waals surface area contributed by atoms with Crippen LogP contribution in [0, 0.1) is 0 Å². The van der Waals surface area contributed by atoms with E-state index in [4.69, 9.17) is 14.2 Å². The second-order valence-corrected chi connectivity index (χ2v) is 6.36. The molecule has 3 atom stereocenters. The van der Waals surface area contributed by atoms with Crippen molar-refractivity contribution in [2.75, 3.05) is 0 Å². The third kappa shape index (κ3) is 3.15. The number of hydrogen-bond acceptors (Lipinski definition) is 4. The van der Waals surface area contributed by atoms with Crippen molar-refractivity contribution in [1.29, 1.82) is 0 Å². The summed E-state index contributed by atoms with van der Waals surface area (Å²) in [7, 11) is 0. The molecule has 124 valence electrons. The molecule has 0 amide bonds. The molecule has 0 N–H and O–H groups in total. The number of aldehydes is 1. The van der Waals surface area contributed by atoms with Crippen LogP contribution in [0.3, 0.4) is 0 Å². The Morgan fingerprint density at radius 2 is 1.96 bits per heavy atom. The predicted octanol–water partition coefficient (Wildman–Crippen LogP) is 3.78. The topological polar surface area (TPSA) is 44.8 Å². The monoisotopic (exact) mass is 324 g/mol. The van der Waals surface area contributed by atoms with Crippen LogP contribution in [0.5, 0.6) is 11.5 Å². The summed E-state index contributed by atoms with van der Waals surface area (Å²) in [5.74, 6) is 1.28. The molecule has 2 bridgehead atoms. The van der Waals surface area contributed by atoms with E-state index in [1.165, 1.54) is 0 Å². The first kappa shape index (κ1) is 15.2. The molecular weight excluding hydrogens is 304 g/mol. The van der Waals surface area contributed by atoms with Crippen LogP contribution in [0.15, 0.2) is 48.5 Å². The lowest BCUT2D eigenvalue weighted by Crippen LogP contribution is -2.28. The highest BCUT2D eigenvalue weighted by molar-refractivity contribution is 5.76. The van der Waals surface area contributed by atoms with E-state index in [0.29, 0.717) is 29.8 Å². The molecule has 4 nitrogen and oxygen atoms in total. The van der Waals surface area contributed by atoms with E-state index in [1.54, 1.807) is 18.2 Å². The first-order valence-electron chi connectivity index (χ1n) is 8.40. The van der Waals surface area contributed by atoms with E-state index in [2.05, 4.69) is 0 Å². The molecule has 2 aromatic carbocycles. The summed E-state index contributed by atoms with van der Waals surface area (Å²) in [6, 6.07) is 15.3. The number of hydrogen-bond donors (Lipinski definition) is 0. The summed E-state index contributed by atoms with van der Waals surface area (Å²) in [5, 5.41) is 0. The lowest BCUT2D eigenvalue weighted by Gasteiger charge is -2.22. The van der Waals surface area contributed by atoms with Crippen molar-refractivity contribution in [2.45, 2.75) is 44.2 Å². The Kier molecular flexibility index (Phi) is 4.22. The molecule has 4 rings (SSSR count). The van der Waals surface area contributed by atoms with Gasteiger partial charge >= 0.3 is 0 Å². The summed E-state index contributed by atoms with van der Waals surface area (Å²) in [5.41, 5.74) is 1.67. The highest BCUT2D eigenvalue weighted by Gasteiger charge is 2.42. The summed E-state index contributed by atoms with van der Waals surface area (Å²) in [6.07, 6.45) is 4.43. The fourth-order valence-corrected chi connectivity index (χ4v) is 3.42. The molecule has 0 saturated carbocycles. The van der Waals surface area contributed by atoms with Gasteiger partial charge in [0.25, 0.3) is 0 Å². The molecule has 0 aromatic heterocycles. The standard InChI is InChI=1S/C20H20O4/c21-12-15-6-8-17(22-13-14-4-2-1-3-5-14)19(10-15)24-20-11-16-7-9-18(20)23-16/h1-6,8,10,12,16,18,20H,7,9,11,13H2. The van der Waals surface area contributed by atoms with Crippen LogP contribution in [0.4, 0.5) is 0 Å². The molecule has 2 saturated heterocycles. The minimum absolute atomic E-state index is 0.0460. The highest BCUT2D eigenvalue weighted by atomic mass is 16.6. The minimum Gasteiger partial charge on any atom is -0.485 e. The van der Waals surface area contributed by atoms with E-state index in [-0.39, 0.29) is 12.2 Å². The van der Waals surface area contributed by atoms with Gasteiger partial charge in [-0.25, -0.2) is 0 Å². The average Bonchev–Trinajstić information content (AvgIpc) is 3.24. The lowest BCUT2D eigenvalue weighted by molar-refractivity contribution is 0.0624. The minimum atomic E-state index is 0.0460. The van der Waals surface area contributed by atoms with E-state index < -0.39 is 0 Å². The van der Waals surface area contributed by atoms with Gasteiger partial charge in [0.05, 0.1) is 12.2 Å². The summed E-state index contributed by atoms with van der Waals surface area (Å²) in [4.78, 5) is 11.1. The van der Waals surface area contributed by atoms with E-state index in [9.17, 15) is 4.79 Å². The predicted molar refractivity (Wildman–Crippen MR) is 89.5 cm³/mol. The van der Waals surface area contributed by atoms with Crippen LogP contribution < -0.4 is 9.47 Å². The molecule has 2 aliphatic heterocycles. The molecule has 2 aromatic rings. The number of carbonyl (C=O) groups is 1. The van der Waals surface area contributed by atoms with Gasteiger partial charge in [0.15, 0.2) is 11.5 Å². The van der Waals surface area contributed by atoms with Gasteiger partial charge in [-0.2, -0.15) is 0 Å². The maximum atomic E-state index is 11.1. The maximum Gasteiger partial charge on any atom is 0.162 e. The zero-order valence-electron chi connectivity index (χ0n) is 13.4. The molecule has 3 unspecified atom stereocenters. The Labute approximate surface area is 141 Å². The smallest absolute Gasteiger partial charge is 0.162 e. The van der Waals surface area contributed by atoms with Crippen molar-refractivity contribution in [3.05, 3.63) is 59.7 Å². The van der Waals surface area contributed by atoms with E-state index >= 15 is 0 Å². The highest BCUT2D eigenvalue weighted by Crippen LogP contribution is 2.39. The third-order valence-electron chi connectivity index (χ3n) is 4.67. The lowest BCUT2D eigenvalue weighted by atomic mass is 9.98. The van der Waals surface area contributed by atoms with Gasteiger partial charge in [-0.1, -0.05) is 30.3 Å². The van der Waals surface area contributed by atoms with Crippen LogP contribution in [0.25, 0.3) is 0 Å². The molecule has 4 heteroatoms. The van der Waals surface area contributed by atoms with Crippen LogP contribution >= 0.6 is 0 Å². The number of fused-ring (bicyclic) bond motifs is 2.